The molecule has 1 aliphatic heterocycles. The van der Waals surface area contributed by atoms with E-state index in [1.807, 2.05) is 42.2 Å². The van der Waals surface area contributed by atoms with Gasteiger partial charge in [0.2, 0.25) is 5.91 Å². The Labute approximate surface area is 158 Å². The van der Waals surface area contributed by atoms with Crippen LogP contribution in [0, 0.1) is 6.92 Å². The maximum atomic E-state index is 12.9. The number of H-pyrrole nitrogens is 1. The van der Waals surface area contributed by atoms with E-state index in [1.54, 1.807) is 11.8 Å². The van der Waals surface area contributed by atoms with E-state index in [0.29, 0.717) is 25.5 Å². The van der Waals surface area contributed by atoms with Gasteiger partial charge in [-0.25, -0.2) is 4.98 Å². The molecule has 0 bridgehead atoms. The summed E-state index contributed by atoms with van der Waals surface area (Å²) < 4.78 is 0. The predicted octanol–water partition coefficient (Wildman–Crippen LogP) is 1.73. The molecule has 27 heavy (non-hydrogen) atoms. The van der Waals surface area contributed by atoms with Crippen molar-refractivity contribution in [2.45, 2.75) is 39.3 Å². The van der Waals surface area contributed by atoms with E-state index in [1.165, 1.54) is 6.20 Å². The van der Waals surface area contributed by atoms with Crippen LogP contribution in [0.15, 0.2) is 41.3 Å². The minimum atomic E-state index is -0.447. The zero-order valence-corrected chi connectivity index (χ0v) is 15.6. The van der Waals surface area contributed by atoms with Gasteiger partial charge < -0.3 is 14.8 Å². The normalized spacial score (nSPS) is 17.7. The van der Waals surface area contributed by atoms with Crippen LogP contribution in [0.5, 0.6) is 0 Å². The first-order valence-corrected chi connectivity index (χ1v) is 9.18. The van der Waals surface area contributed by atoms with Crippen molar-refractivity contribution in [3.05, 3.63) is 63.8 Å². The van der Waals surface area contributed by atoms with Gasteiger partial charge in [0.05, 0.1) is 0 Å². The molecule has 0 unspecified atom stereocenters. The van der Waals surface area contributed by atoms with Gasteiger partial charge in [-0.15, -0.1) is 0 Å². The molecule has 1 saturated heterocycles. The second-order valence-electron chi connectivity index (χ2n) is 6.78. The average molecular weight is 368 g/mol. The van der Waals surface area contributed by atoms with Gasteiger partial charge in [-0.1, -0.05) is 37.3 Å². The smallest absolute Gasteiger partial charge is 0.263 e. The Hall–Kier alpha value is -2.96. The third-order valence-corrected chi connectivity index (χ3v) is 4.90. The number of aromatic nitrogens is 2. The number of rotatable bonds is 4. The Morgan fingerprint density at radius 2 is 2.00 bits per heavy atom. The highest BCUT2D eigenvalue weighted by Gasteiger charge is 2.31. The maximum Gasteiger partial charge on any atom is 0.263 e. The Bertz CT molecular complexity index is 878. The first kappa shape index (κ1) is 18.8. The fourth-order valence-corrected chi connectivity index (χ4v) is 3.36. The Balaban J connectivity index is 1.81. The van der Waals surface area contributed by atoms with Crippen LogP contribution in [-0.4, -0.2) is 50.7 Å². The highest BCUT2D eigenvalue weighted by Crippen LogP contribution is 2.18. The van der Waals surface area contributed by atoms with Crippen LogP contribution in [0.1, 0.15) is 41.5 Å². The lowest BCUT2D eigenvalue weighted by Gasteiger charge is -2.31. The summed E-state index contributed by atoms with van der Waals surface area (Å²) in [5.74, 6) is 0.108. The Morgan fingerprint density at radius 3 is 2.67 bits per heavy atom. The van der Waals surface area contributed by atoms with E-state index in [9.17, 15) is 14.4 Å². The molecular formula is C20H24N4O3. The monoisotopic (exact) mass is 368 g/mol. The van der Waals surface area contributed by atoms with E-state index < -0.39 is 5.56 Å². The average Bonchev–Trinajstić information content (AvgIpc) is 2.82. The van der Waals surface area contributed by atoms with Gasteiger partial charge in [0, 0.05) is 38.3 Å². The van der Waals surface area contributed by atoms with Crippen LogP contribution in [0.2, 0.25) is 0 Å². The van der Waals surface area contributed by atoms with Crippen molar-refractivity contribution in [2.24, 2.45) is 0 Å². The van der Waals surface area contributed by atoms with Gasteiger partial charge in [0.1, 0.15) is 11.4 Å². The summed E-state index contributed by atoms with van der Waals surface area (Å²) in [6.45, 7) is 4.89. The van der Waals surface area contributed by atoms with E-state index in [-0.39, 0.29) is 29.8 Å². The van der Waals surface area contributed by atoms with E-state index >= 15 is 0 Å². The molecule has 1 aromatic heterocycles. The molecule has 1 atom stereocenters. The molecule has 1 aliphatic rings. The molecule has 3 rings (SSSR count). The molecule has 1 fully saturated rings. The van der Waals surface area contributed by atoms with Crippen LogP contribution < -0.4 is 5.56 Å². The summed E-state index contributed by atoms with van der Waals surface area (Å²) >= 11 is 0. The third-order valence-electron chi connectivity index (χ3n) is 4.90. The van der Waals surface area contributed by atoms with Crippen LogP contribution >= 0.6 is 0 Å². The number of carbonyl (C=O) groups excluding carboxylic acids is 2. The van der Waals surface area contributed by atoms with Crippen LogP contribution in [0.4, 0.5) is 0 Å². The molecule has 0 spiro atoms. The van der Waals surface area contributed by atoms with Crippen molar-refractivity contribution < 1.29 is 9.59 Å². The SMILES string of the molecule is CC[C@@H]1CN(C(=O)c2cnc(C)[nH]c2=O)CCC(=O)N1Cc1ccccc1. The molecule has 2 aromatic rings. The predicted molar refractivity (Wildman–Crippen MR) is 101 cm³/mol. The quantitative estimate of drug-likeness (QED) is 0.890. The number of hydrogen-bond acceptors (Lipinski definition) is 4. The number of nitrogens with zero attached hydrogens (tertiary/aromatic N) is 3. The number of carbonyl (C=O) groups is 2. The number of aromatic amines is 1. The summed E-state index contributed by atoms with van der Waals surface area (Å²) in [6, 6.07) is 9.73. The molecule has 7 nitrogen and oxygen atoms in total. The molecule has 142 valence electrons. The summed E-state index contributed by atoms with van der Waals surface area (Å²) in [6.07, 6.45) is 2.28. The topological polar surface area (TPSA) is 86.4 Å². The van der Waals surface area contributed by atoms with E-state index in [0.717, 1.165) is 12.0 Å². The molecule has 0 aliphatic carbocycles. The molecule has 2 amide bonds. The molecular weight excluding hydrogens is 344 g/mol. The van der Waals surface area contributed by atoms with Crippen molar-refractivity contribution in [1.82, 2.24) is 19.8 Å². The number of hydrogen-bond donors (Lipinski definition) is 1. The third kappa shape index (κ3) is 4.24. The summed E-state index contributed by atoms with van der Waals surface area (Å²) in [7, 11) is 0. The Kier molecular flexibility index (Phi) is 5.69. The summed E-state index contributed by atoms with van der Waals surface area (Å²) in [4.78, 5) is 47.7. The summed E-state index contributed by atoms with van der Waals surface area (Å²) in [5.41, 5.74) is 0.625. The van der Waals surface area contributed by atoms with Crippen LogP contribution in [0.25, 0.3) is 0 Å². The van der Waals surface area contributed by atoms with Gasteiger partial charge in [-0.05, 0) is 18.9 Å². The van der Waals surface area contributed by atoms with Crippen LogP contribution in [-0.2, 0) is 11.3 Å². The lowest BCUT2D eigenvalue weighted by atomic mass is 10.1. The maximum absolute atomic E-state index is 12.9. The van der Waals surface area contributed by atoms with Gasteiger partial charge in [0.15, 0.2) is 0 Å². The van der Waals surface area contributed by atoms with Crippen LogP contribution in [0.3, 0.4) is 0 Å². The van der Waals surface area contributed by atoms with Gasteiger partial charge >= 0.3 is 0 Å². The molecule has 0 radical (unpaired) electrons. The van der Waals surface area contributed by atoms with Crippen molar-refractivity contribution in [3.63, 3.8) is 0 Å². The molecule has 0 saturated carbocycles. The zero-order valence-electron chi connectivity index (χ0n) is 15.6. The zero-order chi connectivity index (χ0) is 19.4. The van der Waals surface area contributed by atoms with Gasteiger partial charge in [0.25, 0.3) is 11.5 Å². The fraction of sp³-hybridized carbons (Fsp3) is 0.400. The summed E-state index contributed by atoms with van der Waals surface area (Å²) in [5, 5.41) is 0. The lowest BCUT2D eigenvalue weighted by molar-refractivity contribution is -0.133. The Morgan fingerprint density at radius 1 is 1.26 bits per heavy atom. The first-order chi connectivity index (χ1) is 13.0. The molecule has 7 heteroatoms. The van der Waals surface area contributed by atoms with Crippen molar-refractivity contribution in [3.8, 4) is 0 Å². The number of benzene rings is 1. The molecule has 1 N–H and O–H groups in total. The van der Waals surface area contributed by atoms with Gasteiger partial charge in [-0.3, -0.25) is 14.4 Å². The van der Waals surface area contributed by atoms with E-state index in [4.69, 9.17) is 0 Å². The number of nitrogens with one attached hydrogen (secondary N) is 1. The number of aryl methyl sites for hydroxylation is 1. The van der Waals surface area contributed by atoms with Crippen molar-refractivity contribution in [1.29, 1.82) is 0 Å². The second-order valence-corrected chi connectivity index (χ2v) is 6.78. The van der Waals surface area contributed by atoms with Crippen molar-refractivity contribution >= 4 is 11.8 Å². The lowest BCUT2D eigenvalue weighted by Crippen LogP contribution is -2.44. The standard InChI is InChI=1S/C20H24N4O3/c1-3-16-13-23(20(27)17-11-21-14(2)22-19(17)26)10-9-18(25)24(16)12-15-7-5-4-6-8-15/h4-8,11,16H,3,9-10,12-13H2,1-2H3,(H,21,22,26)/t16-/m1/s1. The minimum Gasteiger partial charge on any atom is -0.336 e. The molecule has 2 heterocycles. The minimum absolute atomic E-state index is 0.0133. The van der Waals surface area contributed by atoms with Crippen molar-refractivity contribution in [2.75, 3.05) is 13.1 Å². The molecule has 1 aromatic carbocycles. The second kappa shape index (κ2) is 8.16. The highest BCUT2D eigenvalue weighted by atomic mass is 16.2. The highest BCUT2D eigenvalue weighted by molar-refractivity contribution is 5.94. The largest absolute Gasteiger partial charge is 0.336 e. The number of amides is 2. The van der Waals surface area contributed by atoms with Gasteiger partial charge in [-0.2, -0.15) is 0 Å². The van der Waals surface area contributed by atoms with E-state index in [2.05, 4.69) is 9.97 Å². The fourth-order valence-electron chi connectivity index (χ4n) is 3.36. The first-order valence-electron chi connectivity index (χ1n) is 9.18.